The van der Waals surface area contributed by atoms with Crippen molar-refractivity contribution in [2.24, 2.45) is 0 Å². The molecule has 0 bridgehead atoms. The fourth-order valence-electron chi connectivity index (χ4n) is 2.34. The molecular formula is C18H37O9P. The van der Waals surface area contributed by atoms with Crippen LogP contribution in [0.2, 0.25) is 0 Å². The molecule has 4 N–H and O–H groups in total. The Morgan fingerprint density at radius 2 is 1.36 bits per heavy atom. The van der Waals surface area contributed by atoms with Gasteiger partial charge in [-0.15, -0.1) is 0 Å². The Morgan fingerprint density at radius 3 is 1.89 bits per heavy atom. The third kappa shape index (κ3) is 17.6. The molecule has 0 radical (unpaired) electrons. The third-order valence-electron chi connectivity index (χ3n) is 3.99. The van der Waals surface area contributed by atoms with Crippen molar-refractivity contribution in [3.05, 3.63) is 0 Å². The minimum absolute atomic E-state index is 0.268. The predicted octanol–water partition coefficient (Wildman–Crippen LogP) is 2.30. The minimum atomic E-state index is -4.47. The molecule has 3 unspecified atom stereocenters. The molecule has 28 heavy (non-hydrogen) atoms. The van der Waals surface area contributed by atoms with E-state index in [1.54, 1.807) is 0 Å². The molecule has 168 valence electrons. The van der Waals surface area contributed by atoms with E-state index in [9.17, 15) is 19.4 Å². The molecule has 3 atom stereocenters. The maximum absolute atomic E-state index is 11.6. The summed E-state index contributed by atoms with van der Waals surface area (Å²) in [7, 11) is -4.47. The van der Waals surface area contributed by atoms with Gasteiger partial charge in [-0.25, -0.2) is 4.57 Å². The number of carbonyl (C=O) groups excluding carboxylic acids is 1. The summed E-state index contributed by atoms with van der Waals surface area (Å²) in [6.45, 7) is 0.0487. The number of esters is 1. The van der Waals surface area contributed by atoms with Crippen LogP contribution in [0.3, 0.4) is 0 Å². The zero-order chi connectivity index (χ0) is 21.3. The molecule has 0 saturated carbocycles. The highest BCUT2D eigenvalue weighted by atomic mass is 31.2. The quantitative estimate of drug-likeness (QED) is 0.138. The van der Waals surface area contributed by atoms with E-state index in [4.69, 9.17) is 14.9 Å². The van der Waals surface area contributed by atoms with E-state index in [0.29, 0.717) is 0 Å². The van der Waals surface area contributed by atoms with Crippen molar-refractivity contribution >= 4 is 13.8 Å². The monoisotopic (exact) mass is 428 g/mol. The molecule has 9 nitrogen and oxygen atoms in total. The Labute approximate surface area is 167 Å². The average molecular weight is 428 g/mol. The first-order valence-corrected chi connectivity index (χ1v) is 11.5. The average Bonchev–Trinajstić information content (AvgIpc) is 2.67. The fourth-order valence-corrected chi connectivity index (χ4v) is 3.14. The molecule has 0 fully saturated rings. The highest BCUT2D eigenvalue weighted by Crippen LogP contribution is 2.43. The van der Waals surface area contributed by atoms with Crippen molar-refractivity contribution in [3.8, 4) is 0 Å². The first kappa shape index (κ1) is 27.5. The van der Waals surface area contributed by atoms with Gasteiger partial charge in [0.15, 0.2) is 0 Å². The Kier molecular flexibility index (Phi) is 17.0. The van der Waals surface area contributed by atoms with Crippen molar-refractivity contribution in [3.63, 3.8) is 0 Å². The van der Waals surface area contributed by atoms with Gasteiger partial charge in [0.1, 0.15) is 18.8 Å². The van der Waals surface area contributed by atoms with Crippen molar-refractivity contribution in [2.45, 2.75) is 83.3 Å². The lowest BCUT2D eigenvalue weighted by atomic mass is 10.1. The van der Waals surface area contributed by atoms with Gasteiger partial charge in [-0.2, -0.15) is 0 Å². The summed E-state index contributed by atoms with van der Waals surface area (Å²) < 4.78 is 25.3. The lowest BCUT2D eigenvalue weighted by molar-refractivity contribution is -0.147. The van der Waals surface area contributed by atoms with E-state index < -0.39 is 45.8 Å². The van der Waals surface area contributed by atoms with Crippen LogP contribution in [-0.2, 0) is 23.1 Å². The number of ether oxygens (including phenoxy) is 1. The van der Waals surface area contributed by atoms with Gasteiger partial charge in [0.2, 0.25) is 0 Å². The van der Waals surface area contributed by atoms with Crippen LogP contribution >= 0.6 is 7.82 Å². The molecule has 0 aromatic rings. The molecule has 0 amide bonds. The predicted molar refractivity (Wildman–Crippen MR) is 104 cm³/mol. The number of aliphatic hydroxyl groups excluding tert-OH is 3. The van der Waals surface area contributed by atoms with E-state index >= 15 is 0 Å². The number of rotatable bonds is 19. The zero-order valence-electron chi connectivity index (χ0n) is 16.8. The van der Waals surface area contributed by atoms with Gasteiger partial charge in [-0.3, -0.25) is 13.8 Å². The van der Waals surface area contributed by atoms with Crippen molar-refractivity contribution in [1.29, 1.82) is 0 Å². The number of hydrogen-bond donors (Lipinski definition) is 4. The van der Waals surface area contributed by atoms with Crippen LogP contribution in [0.5, 0.6) is 0 Å². The molecular weight excluding hydrogens is 391 g/mol. The number of phosphoric ester groups is 1. The summed E-state index contributed by atoms with van der Waals surface area (Å²) >= 11 is 0. The van der Waals surface area contributed by atoms with Crippen molar-refractivity contribution in [2.75, 3.05) is 26.4 Å². The van der Waals surface area contributed by atoms with Crippen LogP contribution < -0.4 is 0 Å². The fraction of sp³-hybridized carbons (Fsp3) is 0.944. The summed E-state index contributed by atoms with van der Waals surface area (Å²) in [5.41, 5.74) is 0. The Bertz CT molecular complexity index is 433. The Morgan fingerprint density at radius 1 is 0.857 bits per heavy atom. The van der Waals surface area contributed by atoms with Crippen molar-refractivity contribution in [1.82, 2.24) is 0 Å². The zero-order valence-corrected chi connectivity index (χ0v) is 17.7. The summed E-state index contributed by atoms with van der Waals surface area (Å²) in [5.74, 6) is -0.434. The third-order valence-corrected chi connectivity index (χ3v) is 4.94. The number of phosphoric acid groups is 1. The summed E-state index contributed by atoms with van der Waals surface area (Å²) in [5, 5.41) is 27.3. The largest absolute Gasteiger partial charge is 0.472 e. The standard InChI is InChI=1S/C18H37O9P/c1-2-3-4-5-6-7-8-9-10-11-18(22)25-13-17(21)15-27-28(23,24)26-14-16(20)12-19/h16-17,19-21H,2-15H2,1H3,(H,23,24). The van der Waals surface area contributed by atoms with Crippen molar-refractivity contribution < 1.29 is 43.4 Å². The first-order valence-electron chi connectivity index (χ1n) is 10.0. The molecule has 10 heteroatoms. The van der Waals surface area contributed by atoms with Crippen LogP contribution in [-0.4, -0.2) is 64.8 Å². The molecule has 0 heterocycles. The molecule has 0 aliphatic rings. The van der Waals surface area contributed by atoms with E-state index in [-0.39, 0.29) is 13.0 Å². The van der Waals surface area contributed by atoms with Gasteiger partial charge >= 0.3 is 13.8 Å². The lowest BCUT2D eigenvalue weighted by Crippen LogP contribution is -2.24. The van der Waals surface area contributed by atoms with Crippen LogP contribution in [0.25, 0.3) is 0 Å². The molecule has 0 spiro atoms. The second-order valence-electron chi connectivity index (χ2n) is 6.81. The number of aliphatic hydroxyl groups is 3. The number of hydrogen-bond acceptors (Lipinski definition) is 8. The van der Waals surface area contributed by atoms with Gasteiger partial charge < -0.3 is 24.9 Å². The van der Waals surface area contributed by atoms with E-state index in [1.807, 2.05) is 0 Å². The normalized spacial score (nSPS) is 15.8. The number of unbranched alkanes of at least 4 members (excludes halogenated alkanes) is 8. The molecule has 0 aliphatic heterocycles. The van der Waals surface area contributed by atoms with Crippen LogP contribution in [0, 0.1) is 0 Å². The van der Waals surface area contributed by atoms with Gasteiger partial charge in [0, 0.05) is 6.42 Å². The molecule has 0 aromatic carbocycles. The second kappa shape index (κ2) is 17.3. The SMILES string of the molecule is CCCCCCCCCCCC(=O)OCC(O)COP(=O)(O)OCC(O)CO. The maximum Gasteiger partial charge on any atom is 0.472 e. The second-order valence-corrected chi connectivity index (χ2v) is 8.27. The smallest absolute Gasteiger partial charge is 0.463 e. The van der Waals surface area contributed by atoms with E-state index in [0.717, 1.165) is 19.3 Å². The first-order chi connectivity index (χ1) is 13.3. The van der Waals surface area contributed by atoms with E-state index in [2.05, 4.69) is 16.0 Å². The molecule has 0 rings (SSSR count). The molecule has 0 aromatic heterocycles. The minimum Gasteiger partial charge on any atom is -0.463 e. The maximum atomic E-state index is 11.6. The van der Waals surface area contributed by atoms with Gasteiger partial charge in [0.05, 0.1) is 19.8 Å². The van der Waals surface area contributed by atoms with E-state index in [1.165, 1.54) is 38.5 Å². The van der Waals surface area contributed by atoms with Gasteiger partial charge in [-0.1, -0.05) is 58.3 Å². The van der Waals surface area contributed by atoms with Crippen LogP contribution in [0.1, 0.15) is 71.1 Å². The van der Waals surface area contributed by atoms with Gasteiger partial charge in [0.25, 0.3) is 0 Å². The summed E-state index contributed by atoms with van der Waals surface area (Å²) in [4.78, 5) is 20.9. The highest BCUT2D eigenvalue weighted by molar-refractivity contribution is 7.47. The lowest BCUT2D eigenvalue weighted by Gasteiger charge is -2.16. The number of carbonyl (C=O) groups is 1. The molecule has 0 aliphatic carbocycles. The Balaban J connectivity index is 3.66. The Hall–Kier alpha value is -0.540. The van der Waals surface area contributed by atoms with Crippen LogP contribution in [0.4, 0.5) is 0 Å². The summed E-state index contributed by atoms with van der Waals surface area (Å²) in [6.07, 6.45) is 7.95. The van der Waals surface area contributed by atoms with Crippen LogP contribution in [0.15, 0.2) is 0 Å². The summed E-state index contributed by atoms with van der Waals surface area (Å²) in [6, 6.07) is 0. The molecule has 0 saturated heterocycles. The van der Waals surface area contributed by atoms with Gasteiger partial charge in [-0.05, 0) is 6.42 Å². The highest BCUT2D eigenvalue weighted by Gasteiger charge is 2.24. The topological polar surface area (TPSA) is 143 Å².